The fraction of sp³-hybridized carbons (Fsp3) is 0.188. The Labute approximate surface area is 152 Å². The average molecular weight is 376 g/mol. The van der Waals surface area contributed by atoms with Gasteiger partial charge in [0.1, 0.15) is 17.2 Å². The molecule has 0 unspecified atom stereocenters. The normalized spacial score (nSPS) is 10.6. The highest BCUT2D eigenvalue weighted by Crippen LogP contribution is 2.26. The predicted octanol–water partition coefficient (Wildman–Crippen LogP) is 2.22. The van der Waals surface area contributed by atoms with Crippen molar-refractivity contribution in [3.63, 3.8) is 0 Å². The summed E-state index contributed by atoms with van der Waals surface area (Å²) in [5, 5.41) is 8.13. The number of hydrogen-bond acceptors (Lipinski definition) is 6. The van der Waals surface area contributed by atoms with Crippen molar-refractivity contribution < 1.29 is 4.79 Å². The molecule has 0 atom stereocenters. The summed E-state index contributed by atoms with van der Waals surface area (Å²) >= 11 is 7.21. The van der Waals surface area contributed by atoms with Crippen LogP contribution in [0, 0.1) is 0 Å². The Hall–Kier alpha value is -2.58. The molecule has 0 aliphatic heterocycles. The van der Waals surface area contributed by atoms with Crippen LogP contribution < -0.4 is 10.9 Å². The van der Waals surface area contributed by atoms with Gasteiger partial charge < -0.3 is 5.32 Å². The number of likely N-dealkylation sites (N-methyl/N-ethyl adjacent to an activating group) is 1. The quantitative estimate of drug-likeness (QED) is 0.738. The maximum Gasteiger partial charge on any atom is 0.267 e. The maximum absolute atomic E-state index is 11.9. The molecule has 1 amide bonds. The fourth-order valence-electron chi connectivity index (χ4n) is 2.14. The molecule has 0 fully saturated rings. The van der Waals surface area contributed by atoms with Crippen LogP contribution in [0.4, 0.5) is 0 Å². The molecule has 0 spiro atoms. The number of amides is 1. The first-order valence-corrected chi connectivity index (χ1v) is 8.67. The van der Waals surface area contributed by atoms with Gasteiger partial charge in [-0.15, -0.1) is 0 Å². The van der Waals surface area contributed by atoms with E-state index in [4.69, 9.17) is 11.6 Å². The monoisotopic (exact) mass is 375 g/mol. The highest BCUT2D eigenvalue weighted by Gasteiger charge is 2.12. The molecule has 0 radical (unpaired) electrons. The predicted molar refractivity (Wildman–Crippen MR) is 96.5 cm³/mol. The molecule has 2 aromatic heterocycles. The number of rotatable bonds is 5. The van der Waals surface area contributed by atoms with E-state index in [2.05, 4.69) is 19.8 Å². The Morgan fingerprint density at radius 3 is 2.92 bits per heavy atom. The molecular weight excluding hydrogens is 362 g/mol. The molecule has 2 heterocycles. The lowest BCUT2D eigenvalue weighted by Gasteiger charge is -2.05. The lowest BCUT2D eigenvalue weighted by molar-refractivity contribution is -0.121. The van der Waals surface area contributed by atoms with Crippen molar-refractivity contribution >= 4 is 29.0 Å². The Balaban J connectivity index is 1.90. The van der Waals surface area contributed by atoms with Gasteiger partial charge >= 0.3 is 0 Å². The van der Waals surface area contributed by atoms with Gasteiger partial charge in [-0.3, -0.25) is 9.59 Å². The molecule has 128 valence electrons. The smallest absolute Gasteiger partial charge is 0.267 e. The summed E-state index contributed by atoms with van der Waals surface area (Å²) in [6, 6.07) is 10.2. The summed E-state index contributed by atoms with van der Waals surface area (Å²) in [5.41, 5.74) is 0.917. The zero-order valence-corrected chi connectivity index (χ0v) is 14.8. The SMILES string of the molecule is CCNC(=O)Cn1nc(-c2nsc(-c3cccc(Cl)c3)n2)ccc1=O. The molecule has 9 heteroatoms. The Morgan fingerprint density at radius 2 is 2.16 bits per heavy atom. The molecule has 0 aliphatic rings. The van der Waals surface area contributed by atoms with E-state index in [-0.39, 0.29) is 18.0 Å². The van der Waals surface area contributed by atoms with E-state index in [9.17, 15) is 9.59 Å². The molecule has 7 nitrogen and oxygen atoms in total. The Kier molecular flexibility index (Phi) is 5.20. The lowest BCUT2D eigenvalue weighted by atomic mass is 10.2. The largest absolute Gasteiger partial charge is 0.355 e. The minimum absolute atomic E-state index is 0.147. The first-order valence-electron chi connectivity index (χ1n) is 7.51. The van der Waals surface area contributed by atoms with E-state index in [1.807, 2.05) is 12.1 Å². The standard InChI is InChI=1S/C16H14ClN5O2S/c1-2-18-13(23)9-22-14(24)7-6-12(20-22)15-19-16(25-21-15)10-4-3-5-11(17)8-10/h3-8H,2,9H2,1H3,(H,18,23). The van der Waals surface area contributed by atoms with Crippen LogP contribution in [-0.2, 0) is 11.3 Å². The second kappa shape index (κ2) is 7.54. The maximum atomic E-state index is 11.9. The summed E-state index contributed by atoms with van der Waals surface area (Å²) in [4.78, 5) is 28.0. The van der Waals surface area contributed by atoms with E-state index in [0.717, 1.165) is 10.2 Å². The molecule has 0 bridgehead atoms. The number of halogens is 1. The van der Waals surface area contributed by atoms with Crippen LogP contribution in [-0.4, -0.2) is 31.6 Å². The number of carbonyl (C=O) groups is 1. The van der Waals surface area contributed by atoms with Crippen molar-refractivity contribution in [1.82, 2.24) is 24.5 Å². The van der Waals surface area contributed by atoms with E-state index in [1.54, 1.807) is 25.1 Å². The molecule has 3 aromatic rings. The van der Waals surface area contributed by atoms with Crippen molar-refractivity contribution in [3.8, 4) is 22.1 Å². The summed E-state index contributed by atoms with van der Waals surface area (Å²) in [6.07, 6.45) is 0. The highest BCUT2D eigenvalue weighted by molar-refractivity contribution is 7.09. The third kappa shape index (κ3) is 4.09. The van der Waals surface area contributed by atoms with Gasteiger partial charge in [-0.05, 0) is 36.7 Å². The molecule has 25 heavy (non-hydrogen) atoms. The van der Waals surface area contributed by atoms with E-state index in [1.165, 1.54) is 17.6 Å². The van der Waals surface area contributed by atoms with Crippen molar-refractivity contribution in [2.24, 2.45) is 0 Å². The van der Waals surface area contributed by atoms with E-state index >= 15 is 0 Å². The van der Waals surface area contributed by atoms with Crippen LogP contribution >= 0.6 is 23.1 Å². The van der Waals surface area contributed by atoms with Crippen LogP contribution in [0.2, 0.25) is 5.02 Å². The molecule has 0 saturated heterocycles. The number of nitrogens with zero attached hydrogens (tertiary/aromatic N) is 4. The number of aromatic nitrogens is 4. The van der Waals surface area contributed by atoms with Gasteiger partial charge in [0.25, 0.3) is 5.56 Å². The highest BCUT2D eigenvalue weighted by atomic mass is 35.5. The van der Waals surface area contributed by atoms with Gasteiger partial charge in [-0.2, -0.15) is 9.47 Å². The minimum Gasteiger partial charge on any atom is -0.355 e. The fourth-order valence-corrected chi connectivity index (χ4v) is 2.99. The molecule has 3 rings (SSSR count). The third-order valence-corrected chi connectivity index (χ3v) is 4.26. The first-order chi connectivity index (χ1) is 12.1. The van der Waals surface area contributed by atoms with Gasteiger partial charge in [-0.25, -0.2) is 9.67 Å². The number of nitrogens with one attached hydrogen (secondary N) is 1. The van der Waals surface area contributed by atoms with Gasteiger partial charge in [0.2, 0.25) is 5.91 Å². The van der Waals surface area contributed by atoms with Gasteiger partial charge in [0, 0.05) is 23.2 Å². The zero-order valence-electron chi connectivity index (χ0n) is 13.3. The van der Waals surface area contributed by atoms with Crippen molar-refractivity contribution in [2.45, 2.75) is 13.5 Å². The van der Waals surface area contributed by atoms with Crippen molar-refractivity contribution in [1.29, 1.82) is 0 Å². The zero-order chi connectivity index (χ0) is 17.8. The molecular formula is C16H14ClN5O2S. The number of carbonyl (C=O) groups excluding carboxylic acids is 1. The van der Waals surface area contributed by atoms with Gasteiger partial charge in [0.05, 0.1) is 0 Å². The first kappa shape index (κ1) is 17.2. The Morgan fingerprint density at radius 1 is 1.32 bits per heavy atom. The number of benzene rings is 1. The molecule has 0 aliphatic carbocycles. The van der Waals surface area contributed by atoms with Crippen molar-refractivity contribution in [3.05, 3.63) is 51.8 Å². The third-order valence-electron chi connectivity index (χ3n) is 3.26. The summed E-state index contributed by atoms with van der Waals surface area (Å²) in [5.74, 6) is 0.115. The summed E-state index contributed by atoms with van der Waals surface area (Å²) in [6.45, 7) is 2.15. The van der Waals surface area contributed by atoms with Gasteiger partial charge in [0.15, 0.2) is 5.82 Å². The Bertz CT molecular complexity index is 969. The number of hydrogen-bond donors (Lipinski definition) is 1. The van der Waals surface area contributed by atoms with Crippen LogP contribution in [0.5, 0.6) is 0 Å². The van der Waals surface area contributed by atoms with Crippen LogP contribution in [0.1, 0.15) is 6.92 Å². The second-order valence-electron chi connectivity index (χ2n) is 5.10. The van der Waals surface area contributed by atoms with E-state index < -0.39 is 0 Å². The van der Waals surface area contributed by atoms with E-state index in [0.29, 0.717) is 28.1 Å². The molecule has 1 aromatic carbocycles. The summed E-state index contributed by atoms with van der Waals surface area (Å²) < 4.78 is 5.39. The van der Waals surface area contributed by atoms with Crippen molar-refractivity contribution in [2.75, 3.05) is 6.54 Å². The minimum atomic E-state index is -0.361. The molecule has 0 saturated carbocycles. The van der Waals surface area contributed by atoms with Crippen LogP contribution in [0.15, 0.2) is 41.2 Å². The van der Waals surface area contributed by atoms with Gasteiger partial charge in [-0.1, -0.05) is 23.7 Å². The lowest BCUT2D eigenvalue weighted by Crippen LogP contribution is -2.33. The topological polar surface area (TPSA) is 89.8 Å². The average Bonchev–Trinajstić information content (AvgIpc) is 3.07. The molecule has 1 N–H and O–H groups in total. The van der Waals surface area contributed by atoms with Crippen LogP contribution in [0.3, 0.4) is 0 Å². The summed E-state index contributed by atoms with van der Waals surface area (Å²) in [7, 11) is 0. The van der Waals surface area contributed by atoms with Crippen LogP contribution in [0.25, 0.3) is 22.1 Å². The second-order valence-corrected chi connectivity index (χ2v) is 6.29.